The van der Waals surface area contributed by atoms with Crippen LogP contribution in [0.3, 0.4) is 0 Å². The lowest BCUT2D eigenvalue weighted by Crippen LogP contribution is -1.92. The first-order chi connectivity index (χ1) is 3.41. The summed E-state index contributed by atoms with van der Waals surface area (Å²) in [7, 11) is 2.67. The summed E-state index contributed by atoms with van der Waals surface area (Å²) in [4.78, 5) is 0. The van der Waals surface area contributed by atoms with Crippen molar-refractivity contribution >= 4 is 9.24 Å². The number of hydrogen-bond acceptors (Lipinski definition) is 1. The first-order valence-electron chi connectivity index (χ1n) is 2.69. The van der Waals surface area contributed by atoms with E-state index in [-0.39, 0.29) is 0 Å². The molecule has 2 heteroatoms. The van der Waals surface area contributed by atoms with E-state index in [4.69, 9.17) is 4.74 Å². The molecule has 0 fully saturated rings. The molecule has 7 heavy (non-hydrogen) atoms. The van der Waals surface area contributed by atoms with Gasteiger partial charge in [-0.2, -0.15) is 0 Å². The Balaban J connectivity index is 2.45. The Labute approximate surface area is 47.6 Å². The summed E-state index contributed by atoms with van der Waals surface area (Å²) in [6.07, 6.45) is 2.32. The highest BCUT2D eigenvalue weighted by Gasteiger charge is 1.78. The van der Waals surface area contributed by atoms with Gasteiger partial charge in [-0.1, -0.05) is 0 Å². The van der Waals surface area contributed by atoms with Crippen molar-refractivity contribution in [3.05, 3.63) is 0 Å². The minimum absolute atomic E-state index is 0.852. The molecule has 1 unspecified atom stereocenters. The van der Waals surface area contributed by atoms with Crippen LogP contribution in [0.4, 0.5) is 0 Å². The van der Waals surface area contributed by atoms with Gasteiger partial charge in [0.15, 0.2) is 0 Å². The summed E-state index contributed by atoms with van der Waals surface area (Å²) >= 11 is 0. The fraction of sp³-hybridized carbons (Fsp3) is 1.00. The van der Waals surface area contributed by atoms with E-state index in [0.29, 0.717) is 0 Å². The van der Waals surface area contributed by atoms with Crippen LogP contribution < -0.4 is 0 Å². The minimum atomic E-state index is 0.852. The fourth-order valence-electron chi connectivity index (χ4n) is 0.330. The van der Waals surface area contributed by atoms with Crippen molar-refractivity contribution in [3.63, 3.8) is 0 Å². The molecule has 0 aliphatic rings. The van der Waals surface area contributed by atoms with Gasteiger partial charge in [0.1, 0.15) is 0 Å². The van der Waals surface area contributed by atoms with E-state index < -0.39 is 0 Å². The van der Waals surface area contributed by atoms with Gasteiger partial charge in [-0.15, -0.1) is 9.24 Å². The van der Waals surface area contributed by atoms with Gasteiger partial charge in [0.05, 0.1) is 0 Å². The fourth-order valence-corrected chi connectivity index (χ4v) is 0.496. The van der Waals surface area contributed by atoms with Crippen molar-refractivity contribution in [2.45, 2.75) is 13.3 Å². The molecular formula is C5H13OP. The smallest absolute Gasteiger partial charge is 0.0469 e. The molecule has 0 aliphatic heterocycles. The van der Waals surface area contributed by atoms with Crippen LogP contribution in [0, 0.1) is 0 Å². The van der Waals surface area contributed by atoms with E-state index in [9.17, 15) is 0 Å². The van der Waals surface area contributed by atoms with Crippen LogP contribution >= 0.6 is 9.24 Å². The molecule has 0 radical (unpaired) electrons. The normalized spacial score (nSPS) is 9.43. The molecule has 44 valence electrons. The maximum atomic E-state index is 5.06. The highest BCUT2D eigenvalue weighted by Crippen LogP contribution is 1.87. The topological polar surface area (TPSA) is 9.23 Å². The van der Waals surface area contributed by atoms with Gasteiger partial charge in [-0.25, -0.2) is 0 Å². The molecule has 1 nitrogen and oxygen atoms in total. The zero-order chi connectivity index (χ0) is 5.54. The van der Waals surface area contributed by atoms with Crippen molar-refractivity contribution in [3.8, 4) is 0 Å². The van der Waals surface area contributed by atoms with Gasteiger partial charge in [-0.3, -0.25) is 0 Å². The molecule has 0 amide bonds. The minimum Gasteiger partial charge on any atom is -0.382 e. The second kappa shape index (κ2) is 6.39. The van der Waals surface area contributed by atoms with Crippen molar-refractivity contribution in [1.82, 2.24) is 0 Å². The number of ether oxygens (including phenoxy) is 1. The maximum Gasteiger partial charge on any atom is 0.0469 e. The summed E-state index contributed by atoms with van der Waals surface area (Å²) in [5.74, 6) is 0. The van der Waals surface area contributed by atoms with Crippen LogP contribution in [-0.4, -0.2) is 19.4 Å². The zero-order valence-corrected chi connectivity index (χ0v) is 5.97. The Morgan fingerprint density at radius 3 is 2.71 bits per heavy atom. The quantitative estimate of drug-likeness (QED) is 0.401. The Kier molecular flexibility index (Phi) is 6.75. The largest absolute Gasteiger partial charge is 0.382 e. The first kappa shape index (κ1) is 7.39. The number of rotatable bonds is 4. The lowest BCUT2D eigenvalue weighted by atomic mass is 10.5. The van der Waals surface area contributed by atoms with Crippen molar-refractivity contribution < 1.29 is 4.74 Å². The van der Waals surface area contributed by atoms with E-state index in [1.165, 1.54) is 6.42 Å². The Morgan fingerprint density at radius 2 is 2.29 bits per heavy atom. The lowest BCUT2D eigenvalue weighted by molar-refractivity contribution is 0.149. The molecule has 1 atom stereocenters. The van der Waals surface area contributed by atoms with Crippen LogP contribution in [0.2, 0.25) is 0 Å². The maximum absolute atomic E-state index is 5.06. The third-order valence-electron chi connectivity index (χ3n) is 0.697. The van der Waals surface area contributed by atoms with Gasteiger partial charge in [0, 0.05) is 13.2 Å². The zero-order valence-electron chi connectivity index (χ0n) is 4.81. The molecule has 0 aromatic heterocycles. The molecule has 0 aromatic rings. The van der Waals surface area contributed by atoms with Gasteiger partial charge < -0.3 is 4.74 Å². The average molecular weight is 120 g/mol. The van der Waals surface area contributed by atoms with Gasteiger partial charge in [-0.05, 0) is 19.5 Å². The van der Waals surface area contributed by atoms with Crippen LogP contribution in [0.15, 0.2) is 0 Å². The monoisotopic (exact) mass is 120 g/mol. The molecule has 0 N–H and O–H groups in total. The van der Waals surface area contributed by atoms with Crippen LogP contribution in [-0.2, 0) is 4.74 Å². The highest BCUT2D eigenvalue weighted by molar-refractivity contribution is 7.16. The predicted molar refractivity (Wildman–Crippen MR) is 35.7 cm³/mol. The van der Waals surface area contributed by atoms with Crippen LogP contribution in [0.25, 0.3) is 0 Å². The summed E-state index contributed by atoms with van der Waals surface area (Å²) in [6.45, 7) is 3.79. The Morgan fingerprint density at radius 1 is 1.57 bits per heavy atom. The molecule has 0 rings (SSSR count). The molecule has 0 saturated carbocycles. The molecule has 0 heterocycles. The van der Waals surface area contributed by atoms with Crippen LogP contribution in [0.1, 0.15) is 13.3 Å². The van der Waals surface area contributed by atoms with Gasteiger partial charge in [0.2, 0.25) is 0 Å². The van der Waals surface area contributed by atoms with Gasteiger partial charge in [0.25, 0.3) is 0 Å². The first-order valence-corrected chi connectivity index (χ1v) is 3.51. The summed E-state index contributed by atoms with van der Waals surface area (Å²) < 4.78 is 5.06. The molecule has 0 aromatic carbocycles. The molecule has 0 saturated heterocycles. The molecule has 0 spiro atoms. The number of hydrogen-bond donors (Lipinski definition) is 0. The second-order valence-corrected chi connectivity index (χ2v) is 1.92. The highest BCUT2D eigenvalue weighted by atomic mass is 31.0. The van der Waals surface area contributed by atoms with E-state index >= 15 is 0 Å². The summed E-state index contributed by atoms with van der Waals surface area (Å²) in [6, 6.07) is 0. The standard InChI is InChI=1S/C5H13OP/c1-2-6-4-3-5-7/h2-5,7H2,1H3. The molecular weight excluding hydrogens is 107 g/mol. The SMILES string of the molecule is CCOCCCP. The van der Waals surface area contributed by atoms with E-state index in [1.54, 1.807) is 0 Å². The Bertz CT molecular complexity index is 27.3. The molecule has 0 bridgehead atoms. The Hall–Kier alpha value is 0.390. The summed E-state index contributed by atoms with van der Waals surface area (Å²) in [5, 5.41) is 0. The third-order valence-corrected chi connectivity index (χ3v) is 1.11. The van der Waals surface area contributed by atoms with E-state index in [1.807, 2.05) is 6.92 Å². The van der Waals surface area contributed by atoms with Gasteiger partial charge >= 0.3 is 0 Å². The van der Waals surface area contributed by atoms with E-state index in [0.717, 1.165) is 19.4 Å². The van der Waals surface area contributed by atoms with E-state index in [2.05, 4.69) is 9.24 Å². The van der Waals surface area contributed by atoms with Crippen LogP contribution in [0.5, 0.6) is 0 Å². The third kappa shape index (κ3) is 6.39. The molecule has 0 aliphatic carbocycles. The van der Waals surface area contributed by atoms with Crippen molar-refractivity contribution in [2.75, 3.05) is 19.4 Å². The average Bonchev–Trinajstić information content (AvgIpc) is 1.69. The summed E-state index contributed by atoms with van der Waals surface area (Å²) in [5.41, 5.74) is 0. The van der Waals surface area contributed by atoms with Crippen molar-refractivity contribution in [1.29, 1.82) is 0 Å². The second-order valence-electron chi connectivity index (χ2n) is 1.34. The lowest BCUT2D eigenvalue weighted by Gasteiger charge is -1.94. The van der Waals surface area contributed by atoms with Crippen molar-refractivity contribution in [2.24, 2.45) is 0 Å². The predicted octanol–water partition coefficient (Wildman–Crippen LogP) is 1.29.